The Kier molecular flexibility index (Phi) is 5.34. The third-order valence-corrected chi connectivity index (χ3v) is 7.23. The zero-order valence-electron chi connectivity index (χ0n) is 15.8. The molecule has 3 aromatic rings. The fourth-order valence-corrected chi connectivity index (χ4v) is 5.53. The monoisotopic (exact) mass is 424 g/mol. The van der Waals surface area contributed by atoms with E-state index in [9.17, 15) is 13.2 Å². The lowest BCUT2D eigenvalue weighted by atomic mass is 10.1. The smallest absolute Gasteiger partial charge is 0.261 e. The van der Waals surface area contributed by atoms with Gasteiger partial charge in [-0.05, 0) is 54.4 Å². The number of carbonyl (C=O) groups is 1. The molecule has 1 amide bonds. The van der Waals surface area contributed by atoms with E-state index in [-0.39, 0.29) is 16.2 Å². The molecular formula is C22H20N2O3S2. The van der Waals surface area contributed by atoms with Crippen LogP contribution >= 0.6 is 11.8 Å². The number of benzene rings is 3. The largest absolute Gasteiger partial charge is 0.295 e. The van der Waals surface area contributed by atoms with E-state index < -0.39 is 10.0 Å². The average molecular weight is 425 g/mol. The molecule has 3 aromatic carbocycles. The minimum atomic E-state index is -3.67. The van der Waals surface area contributed by atoms with Gasteiger partial charge in [0.25, 0.3) is 10.0 Å². The number of nitrogens with one attached hydrogen (secondary N) is 1. The Balaban J connectivity index is 1.64. The van der Waals surface area contributed by atoms with E-state index in [2.05, 4.69) is 4.72 Å². The Labute approximate surface area is 174 Å². The summed E-state index contributed by atoms with van der Waals surface area (Å²) in [5.41, 5.74) is 3.27. The van der Waals surface area contributed by atoms with Gasteiger partial charge in [0.1, 0.15) is 5.37 Å². The molecule has 1 unspecified atom stereocenters. The molecule has 1 fully saturated rings. The molecule has 1 aliphatic rings. The van der Waals surface area contributed by atoms with Crippen LogP contribution in [0.4, 0.5) is 11.4 Å². The Bertz CT molecular complexity index is 1150. The van der Waals surface area contributed by atoms with Gasteiger partial charge in [-0.25, -0.2) is 8.42 Å². The second kappa shape index (κ2) is 7.93. The second-order valence-electron chi connectivity index (χ2n) is 6.81. The number of anilines is 2. The highest BCUT2D eigenvalue weighted by molar-refractivity contribution is 8.00. The molecule has 0 radical (unpaired) electrons. The van der Waals surface area contributed by atoms with E-state index in [1.807, 2.05) is 37.3 Å². The highest BCUT2D eigenvalue weighted by Gasteiger charge is 2.34. The number of hydrogen-bond acceptors (Lipinski definition) is 4. The van der Waals surface area contributed by atoms with Crippen LogP contribution in [0.5, 0.6) is 0 Å². The fraction of sp³-hybridized carbons (Fsp3) is 0.136. The van der Waals surface area contributed by atoms with Crippen LogP contribution in [0.1, 0.15) is 16.5 Å². The lowest BCUT2D eigenvalue weighted by molar-refractivity contribution is -0.115. The summed E-state index contributed by atoms with van der Waals surface area (Å²) in [5, 5.41) is -0.203. The average Bonchev–Trinajstić information content (AvgIpc) is 3.10. The number of carbonyl (C=O) groups excluding carboxylic acids is 1. The van der Waals surface area contributed by atoms with E-state index in [1.165, 1.54) is 11.8 Å². The first kappa shape index (κ1) is 19.5. The molecule has 0 aliphatic carbocycles. The number of sulfonamides is 1. The number of hydrogen-bond donors (Lipinski definition) is 1. The second-order valence-corrected chi connectivity index (χ2v) is 9.56. The summed E-state index contributed by atoms with van der Waals surface area (Å²) in [5.74, 6) is 0.430. The van der Waals surface area contributed by atoms with Crippen molar-refractivity contribution in [2.45, 2.75) is 17.2 Å². The van der Waals surface area contributed by atoms with Gasteiger partial charge < -0.3 is 0 Å². The van der Waals surface area contributed by atoms with Crippen molar-refractivity contribution in [2.24, 2.45) is 0 Å². The van der Waals surface area contributed by atoms with Gasteiger partial charge in [0, 0.05) is 11.4 Å². The van der Waals surface area contributed by atoms with Gasteiger partial charge in [-0.1, -0.05) is 42.5 Å². The molecule has 29 heavy (non-hydrogen) atoms. The maximum atomic E-state index is 12.6. The molecule has 1 saturated heterocycles. The van der Waals surface area contributed by atoms with E-state index in [1.54, 1.807) is 53.4 Å². The standard InChI is InChI=1S/C22H20N2O3S2/c1-16-7-5-10-19(13-16)24-21(25)15-28-22(24)17-8-6-9-18(14-17)23-29(26,27)20-11-3-2-4-12-20/h2-14,22-23H,15H2,1H3. The van der Waals surface area contributed by atoms with Crippen LogP contribution < -0.4 is 9.62 Å². The summed E-state index contributed by atoms with van der Waals surface area (Å²) in [4.78, 5) is 14.5. The summed E-state index contributed by atoms with van der Waals surface area (Å²) in [7, 11) is -3.67. The zero-order valence-corrected chi connectivity index (χ0v) is 17.4. The molecule has 5 nitrogen and oxygen atoms in total. The summed E-state index contributed by atoms with van der Waals surface area (Å²) in [6.07, 6.45) is 0. The molecule has 0 bridgehead atoms. The highest BCUT2D eigenvalue weighted by atomic mass is 32.2. The predicted octanol–water partition coefficient (Wildman–Crippen LogP) is 4.57. The molecule has 4 rings (SSSR count). The number of aryl methyl sites for hydroxylation is 1. The van der Waals surface area contributed by atoms with Gasteiger partial charge in [-0.2, -0.15) is 0 Å². The summed E-state index contributed by atoms with van der Waals surface area (Å²) in [6.45, 7) is 1.99. The van der Waals surface area contributed by atoms with Crippen LogP contribution in [0.3, 0.4) is 0 Å². The van der Waals surface area contributed by atoms with E-state index in [0.717, 1.165) is 16.8 Å². The van der Waals surface area contributed by atoms with E-state index >= 15 is 0 Å². The minimum Gasteiger partial charge on any atom is -0.295 e. The molecule has 1 heterocycles. The van der Waals surface area contributed by atoms with Crippen molar-refractivity contribution in [1.29, 1.82) is 0 Å². The van der Waals surface area contributed by atoms with Crippen LogP contribution in [-0.4, -0.2) is 20.1 Å². The molecule has 1 N–H and O–H groups in total. The molecule has 148 valence electrons. The fourth-order valence-electron chi connectivity index (χ4n) is 3.30. The van der Waals surface area contributed by atoms with Crippen LogP contribution in [0, 0.1) is 6.92 Å². The lowest BCUT2D eigenvalue weighted by Crippen LogP contribution is -2.27. The quantitative estimate of drug-likeness (QED) is 0.651. The third-order valence-electron chi connectivity index (χ3n) is 4.63. The van der Waals surface area contributed by atoms with Gasteiger partial charge in [0.05, 0.1) is 10.6 Å². The Morgan fingerprint density at radius 3 is 2.48 bits per heavy atom. The summed E-state index contributed by atoms with van der Waals surface area (Å²) >= 11 is 1.53. The number of thioether (sulfide) groups is 1. The molecule has 0 aromatic heterocycles. The topological polar surface area (TPSA) is 66.5 Å². The van der Waals surface area contributed by atoms with Crippen molar-refractivity contribution in [3.05, 3.63) is 90.0 Å². The molecule has 0 spiro atoms. The zero-order chi connectivity index (χ0) is 20.4. The SMILES string of the molecule is Cc1cccc(N2C(=O)CSC2c2cccc(NS(=O)(=O)c3ccccc3)c2)c1. The van der Waals surface area contributed by atoms with Gasteiger partial charge in [0.2, 0.25) is 5.91 Å². The van der Waals surface area contributed by atoms with Crippen molar-refractivity contribution >= 4 is 39.1 Å². The minimum absolute atomic E-state index is 0.0425. The van der Waals surface area contributed by atoms with Crippen LogP contribution in [0.25, 0.3) is 0 Å². The molecular weight excluding hydrogens is 404 g/mol. The summed E-state index contributed by atoms with van der Waals surface area (Å²) in [6, 6.07) is 23.3. The normalized spacial score (nSPS) is 16.8. The highest BCUT2D eigenvalue weighted by Crippen LogP contribution is 2.42. The molecule has 1 aliphatic heterocycles. The van der Waals surface area contributed by atoms with E-state index in [0.29, 0.717) is 11.4 Å². The number of nitrogens with zero attached hydrogens (tertiary/aromatic N) is 1. The van der Waals surface area contributed by atoms with Gasteiger partial charge in [0.15, 0.2) is 0 Å². The van der Waals surface area contributed by atoms with Crippen molar-refractivity contribution in [2.75, 3.05) is 15.4 Å². The van der Waals surface area contributed by atoms with Crippen molar-refractivity contribution in [3.63, 3.8) is 0 Å². The van der Waals surface area contributed by atoms with Crippen LogP contribution in [0.15, 0.2) is 83.8 Å². The van der Waals surface area contributed by atoms with Gasteiger partial charge in [-0.3, -0.25) is 14.4 Å². The number of rotatable bonds is 5. The van der Waals surface area contributed by atoms with Crippen LogP contribution in [0.2, 0.25) is 0 Å². The maximum absolute atomic E-state index is 12.6. The Morgan fingerprint density at radius 2 is 1.72 bits per heavy atom. The molecule has 1 atom stereocenters. The Hall–Kier alpha value is -2.77. The first-order valence-corrected chi connectivity index (χ1v) is 11.7. The number of amides is 1. The first-order valence-electron chi connectivity index (χ1n) is 9.12. The van der Waals surface area contributed by atoms with Crippen molar-refractivity contribution in [1.82, 2.24) is 0 Å². The predicted molar refractivity (Wildman–Crippen MR) is 118 cm³/mol. The van der Waals surface area contributed by atoms with Crippen molar-refractivity contribution < 1.29 is 13.2 Å². The molecule has 0 saturated carbocycles. The first-order chi connectivity index (χ1) is 13.9. The third kappa shape index (κ3) is 4.16. The Morgan fingerprint density at radius 1 is 0.966 bits per heavy atom. The van der Waals surface area contributed by atoms with Crippen LogP contribution in [-0.2, 0) is 14.8 Å². The van der Waals surface area contributed by atoms with Gasteiger partial charge in [-0.15, -0.1) is 11.8 Å². The van der Waals surface area contributed by atoms with Crippen molar-refractivity contribution in [3.8, 4) is 0 Å². The lowest BCUT2D eigenvalue weighted by Gasteiger charge is -2.25. The maximum Gasteiger partial charge on any atom is 0.261 e. The molecule has 7 heteroatoms. The summed E-state index contributed by atoms with van der Waals surface area (Å²) < 4.78 is 27.9. The van der Waals surface area contributed by atoms with E-state index in [4.69, 9.17) is 0 Å². The van der Waals surface area contributed by atoms with Gasteiger partial charge >= 0.3 is 0 Å².